The third kappa shape index (κ3) is 8.70. The van der Waals surface area contributed by atoms with Crippen LogP contribution in [0, 0.1) is 0 Å². The second-order valence-electron chi connectivity index (χ2n) is 10.6. The summed E-state index contributed by atoms with van der Waals surface area (Å²) in [5.74, 6) is -2.10. The van der Waals surface area contributed by atoms with Gasteiger partial charge in [0.2, 0.25) is 0 Å². The van der Waals surface area contributed by atoms with Gasteiger partial charge in [-0.2, -0.15) is 0 Å². The minimum atomic E-state index is -0.952. The maximum absolute atomic E-state index is 12.1. The Morgan fingerprint density at radius 3 is 1.18 bits per heavy atom. The number of rotatable bonds is 14. The number of esters is 2. The fourth-order valence-electron chi connectivity index (χ4n) is 4.42. The zero-order valence-corrected chi connectivity index (χ0v) is 27.5. The van der Waals surface area contributed by atoms with Gasteiger partial charge < -0.3 is 43.7 Å². The van der Waals surface area contributed by atoms with Gasteiger partial charge in [0.25, 0.3) is 0 Å². The number of nitrogens with zero attached hydrogens (tertiary/aromatic N) is 3. The Labute approximate surface area is 281 Å². The van der Waals surface area contributed by atoms with Crippen molar-refractivity contribution in [3.8, 4) is 68.7 Å². The molecule has 15 nitrogen and oxygen atoms in total. The normalized spacial score (nSPS) is 12.7. The first-order chi connectivity index (χ1) is 23.3. The van der Waals surface area contributed by atoms with Crippen molar-refractivity contribution in [3.63, 3.8) is 0 Å². The highest BCUT2D eigenvalue weighted by Gasteiger charge is 2.22. The summed E-state index contributed by atoms with van der Waals surface area (Å²) in [5, 5.41) is 32.9. The SMILES string of the molecule is COCC(=O)C(C)Oc1ccc(-c2nc(-c3ccc(OC(C)C(=O)OC)cc3O)nc(-c3ccc(OC(C)C(=O)OC)cc3O)n2)c(O)c1. The summed E-state index contributed by atoms with van der Waals surface area (Å²) in [6.07, 6.45) is -2.75. The number of phenols is 3. The molecule has 0 saturated carbocycles. The van der Waals surface area contributed by atoms with E-state index in [9.17, 15) is 29.7 Å². The van der Waals surface area contributed by atoms with Gasteiger partial charge >= 0.3 is 11.9 Å². The van der Waals surface area contributed by atoms with Gasteiger partial charge in [-0.1, -0.05) is 0 Å². The lowest BCUT2D eigenvalue weighted by Crippen LogP contribution is -2.27. The van der Waals surface area contributed by atoms with Crippen LogP contribution in [0.15, 0.2) is 54.6 Å². The fraction of sp³-hybridized carbons (Fsp3) is 0.294. The van der Waals surface area contributed by atoms with Crippen LogP contribution in [0.2, 0.25) is 0 Å². The molecule has 3 aromatic carbocycles. The van der Waals surface area contributed by atoms with Crippen LogP contribution >= 0.6 is 0 Å². The van der Waals surface area contributed by atoms with Gasteiger partial charge in [-0.25, -0.2) is 24.5 Å². The van der Waals surface area contributed by atoms with E-state index in [1.54, 1.807) is 6.92 Å². The molecule has 4 rings (SSSR count). The van der Waals surface area contributed by atoms with Crippen LogP contribution < -0.4 is 14.2 Å². The molecule has 0 amide bonds. The number of carbonyl (C=O) groups is 3. The van der Waals surface area contributed by atoms with Crippen molar-refractivity contribution in [1.82, 2.24) is 15.0 Å². The maximum Gasteiger partial charge on any atom is 0.346 e. The quantitative estimate of drug-likeness (QED) is 0.162. The highest BCUT2D eigenvalue weighted by molar-refractivity contribution is 5.84. The lowest BCUT2D eigenvalue weighted by atomic mass is 10.1. The zero-order chi connectivity index (χ0) is 35.8. The molecule has 0 saturated heterocycles. The molecule has 3 N–H and O–H groups in total. The van der Waals surface area contributed by atoms with Gasteiger partial charge in [-0.15, -0.1) is 0 Å². The van der Waals surface area contributed by atoms with Crippen LogP contribution in [0.1, 0.15) is 20.8 Å². The first-order valence-electron chi connectivity index (χ1n) is 14.8. The van der Waals surface area contributed by atoms with Gasteiger partial charge in [-0.3, -0.25) is 4.79 Å². The van der Waals surface area contributed by atoms with Crippen molar-refractivity contribution in [2.24, 2.45) is 0 Å². The van der Waals surface area contributed by atoms with E-state index in [4.69, 9.17) is 18.9 Å². The molecule has 0 aliphatic carbocycles. The number of hydrogen-bond acceptors (Lipinski definition) is 15. The van der Waals surface area contributed by atoms with Crippen LogP contribution in [-0.4, -0.2) is 94.2 Å². The van der Waals surface area contributed by atoms with E-state index in [0.717, 1.165) is 0 Å². The van der Waals surface area contributed by atoms with E-state index >= 15 is 0 Å². The number of benzene rings is 3. The van der Waals surface area contributed by atoms with Crippen molar-refractivity contribution in [1.29, 1.82) is 0 Å². The second-order valence-corrected chi connectivity index (χ2v) is 10.6. The van der Waals surface area contributed by atoms with E-state index in [2.05, 4.69) is 24.4 Å². The molecule has 1 aromatic heterocycles. The molecule has 1 heterocycles. The number of carbonyl (C=O) groups excluding carboxylic acids is 3. The van der Waals surface area contributed by atoms with Crippen LogP contribution in [0.5, 0.6) is 34.5 Å². The minimum Gasteiger partial charge on any atom is -0.507 e. The third-order valence-corrected chi connectivity index (χ3v) is 7.01. The van der Waals surface area contributed by atoms with E-state index < -0.39 is 30.3 Å². The topological polar surface area (TPSA) is 206 Å². The summed E-state index contributed by atoms with van der Waals surface area (Å²) in [5.41, 5.74) is 0.379. The van der Waals surface area contributed by atoms with Gasteiger partial charge in [0, 0.05) is 25.3 Å². The highest BCUT2D eigenvalue weighted by atomic mass is 16.6. The zero-order valence-electron chi connectivity index (χ0n) is 27.5. The predicted molar refractivity (Wildman–Crippen MR) is 172 cm³/mol. The number of Topliss-reactive ketones (excluding diaryl/α,β-unsaturated/α-hetero) is 1. The second kappa shape index (κ2) is 15.8. The molecule has 0 bridgehead atoms. The van der Waals surface area contributed by atoms with Crippen molar-refractivity contribution < 1.29 is 58.1 Å². The molecule has 0 aliphatic rings. The standard InChI is InChI=1S/C34H35N3O12/c1-17(29(41)16-44-4)47-20-7-10-23(26(38)13-20)30-35-31(24-11-8-21(14-27(24)39)48-18(2)33(42)45-5)37-32(36-30)25-12-9-22(15-28(25)40)49-19(3)34(43)46-6/h7-15,17-19,38-40H,16H2,1-6H3. The van der Waals surface area contributed by atoms with Crippen molar-refractivity contribution >= 4 is 17.7 Å². The van der Waals surface area contributed by atoms with Crippen LogP contribution in [0.25, 0.3) is 34.2 Å². The maximum atomic E-state index is 12.1. The molecule has 15 heteroatoms. The third-order valence-electron chi connectivity index (χ3n) is 7.01. The molecule has 49 heavy (non-hydrogen) atoms. The summed E-state index contributed by atoms with van der Waals surface area (Å²) >= 11 is 0. The first kappa shape index (κ1) is 35.9. The average Bonchev–Trinajstić information content (AvgIpc) is 3.07. The highest BCUT2D eigenvalue weighted by Crippen LogP contribution is 2.38. The van der Waals surface area contributed by atoms with Crippen molar-refractivity contribution in [3.05, 3.63) is 54.6 Å². The van der Waals surface area contributed by atoms with Gasteiger partial charge in [-0.05, 0) is 57.2 Å². The van der Waals surface area contributed by atoms with E-state index in [1.807, 2.05) is 0 Å². The molecular weight excluding hydrogens is 642 g/mol. The molecule has 258 valence electrons. The average molecular weight is 678 g/mol. The molecule has 0 aliphatic heterocycles. The number of ether oxygens (including phenoxy) is 6. The summed E-state index contributed by atoms with van der Waals surface area (Å²) in [4.78, 5) is 49.2. The Balaban J connectivity index is 1.78. The van der Waals surface area contributed by atoms with E-state index in [0.29, 0.717) is 0 Å². The lowest BCUT2D eigenvalue weighted by Gasteiger charge is -2.16. The number of hydrogen-bond donors (Lipinski definition) is 3. The molecular formula is C34H35N3O12. The summed E-state index contributed by atoms with van der Waals surface area (Å²) < 4.78 is 31.0. The van der Waals surface area contributed by atoms with Gasteiger partial charge in [0.1, 0.15) is 41.1 Å². The number of aromatic hydroxyl groups is 3. The Hall–Kier alpha value is -5.96. The molecule has 3 unspecified atom stereocenters. The fourth-order valence-corrected chi connectivity index (χ4v) is 4.42. The molecule has 4 aromatic rings. The summed E-state index contributed by atoms with van der Waals surface area (Å²) in [7, 11) is 3.84. The van der Waals surface area contributed by atoms with Crippen LogP contribution in [0.3, 0.4) is 0 Å². The smallest absolute Gasteiger partial charge is 0.346 e. The number of ketones is 1. The number of aromatic nitrogens is 3. The monoisotopic (exact) mass is 677 g/mol. The molecule has 0 spiro atoms. The van der Waals surface area contributed by atoms with E-state index in [1.165, 1.54) is 89.8 Å². The number of phenolic OH excluding ortho intramolecular Hbond substituents is 3. The van der Waals surface area contributed by atoms with Gasteiger partial charge in [0.15, 0.2) is 41.6 Å². The number of methoxy groups -OCH3 is 3. The van der Waals surface area contributed by atoms with Crippen LogP contribution in [0.4, 0.5) is 0 Å². The van der Waals surface area contributed by atoms with Crippen LogP contribution in [-0.2, 0) is 28.6 Å². The Bertz CT molecular complexity index is 1760. The first-order valence-corrected chi connectivity index (χ1v) is 14.8. The Morgan fingerprint density at radius 2 is 0.898 bits per heavy atom. The van der Waals surface area contributed by atoms with Gasteiger partial charge in [0.05, 0.1) is 30.9 Å². The van der Waals surface area contributed by atoms with Crippen molar-refractivity contribution in [2.75, 3.05) is 27.9 Å². The molecule has 3 atom stereocenters. The van der Waals surface area contributed by atoms with E-state index in [-0.39, 0.29) is 81.1 Å². The van der Waals surface area contributed by atoms with Crippen molar-refractivity contribution in [2.45, 2.75) is 39.1 Å². The largest absolute Gasteiger partial charge is 0.507 e. The lowest BCUT2D eigenvalue weighted by molar-refractivity contribution is -0.148. The molecule has 0 fully saturated rings. The summed E-state index contributed by atoms with van der Waals surface area (Å²) in [6, 6.07) is 12.7. The molecule has 0 radical (unpaired) electrons. The summed E-state index contributed by atoms with van der Waals surface area (Å²) in [6.45, 7) is 4.38. The Morgan fingerprint density at radius 1 is 0.571 bits per heavy atom. The Kier molecular flexibility index (Phi) is 11.5. The minimum absolute atomic E-state index is 0.0503. The predicted octanol–water partition coefficient (Wildman–Crippen LogP) is 3.85.